The number of hydrogen-bond acceptors (Lipinski definition) is 6. The Morgan fingerprint density at radius 1 is 1.24 bits per heavy atom. The number of carbonyl (C=O) groups excluding carboxylic acids is 2. The molecule has 1 aliphatic rings. The van der Waals surface area contributed by atoms with Gasteiger partial charge in [0.25, 0.3) is 11.6 Å². The van der Waals surface area contributed by atoms with Crippen molar-refractivity contribution in [2.45, 2.75) is 25.8 Å². The van der Waals surface area contributed by atoms with Crippen molar-refractivity contribution >= 4 is 23.8 Å². The molecule has 2 aromatic carbocycles. The molecule has 0 aromatic heterocycles. The second-order valence-electron chi connectivity index (χ2n) is 6.64. The van der Waals surface area contributed by atoms with E-state index in [1.54, 1.807) is 43.3 Å². The Hall–Kier alpha value is -3.75. The molecule has 150 valence electrons. The predicted molar refractivity (Wildman–Crippen MR) is 106 cm³/mol. The summed E-state index contributed by atoms with van der Waals surface area (Å²) in [5, 5.41) is 18.5. The number of imide groups is 1. The van der Waals surface area contributed by atoms with Gasteiger partial charge in [-0.2, -0.15) is 5.10 Å². The molecule has 0 spiro atoms. The first-order valence-electron chi connectivity index (χ1n) is 8.92. The Labute approximate surface area is 167 Å². The number of methoxy groups -OCH3 is 1. The van der Waals surface area contributed by atoms with Crippen molar-refractivity contribution < 1.29 is 19.2 Å². The SMILES string of the molecule is CCc1ccc(/C=N\N2C(=O)N[C@](C)(c3ccc(OC)cc3)C2=O)cc1[N+](=O)[O-]. The zero-order valence-electron chi connectivity index (χ0n) is 16.2. The number of benzene rings is 2. The maximum absolute atomic E-state index is 12.9. The molecule has 1 fully saturated rings. The summed E-state index contributed by atoms with van der Waals surface area (Å²) >= 11 is 0. The third-order valence-corrected chi connectivity index (χ3v) is 4.85. The van der Waals surface area contributed by atoms with E-state index in [2.05, 4.69) is 10.4 Å². The van der Waals surface area contributed by atoms with Crippen molar-refractivity contribution in [2.75, 3.05) is 7.11 Å². The van der Waals surface area contributed by atoms with Crippen LogP contribution in [0, 0.1) is 10.1 Å². The topological polar surface area (TPSA) is 114 Å². The van der Waals surface area contributed by atoms with Crippen LogP contribution >= 0.6 is 0 Å². The average molecular weight is 396 g/mol. The summed E-state index contributed by atoms with van der Waals surface area (Å²) in [7, 11) is 1.53. The maximum Gasteiger partial charge on any atom is 0.346 e. The molecule has 9 nitrogen and oxygen atoms in total. The van der Waals surface area contributed by atoms with Crippen molar-refractivity contribution in [1.29, 1.82) is 0 Å². The Morgan fingerprint density at radius 3 is 2.52 bits per heavy atom. The Morgan fingerprint density at radius 2 is 1.93 bits per heavy atom. The third kappa shape index (κ3) is 3.66. The zero-order chi connectivity index (χ0) is 21.2. The number of nitro groups is 1. The lowest BCUT2D eigenvalue weighted by Crippen LogP contribution is -2.40. The number of nitrogens with one attached hydrogen (secondary N) is 1. The highest BCUT2D eigenvalue weighted by Crippen LogP contribution is 2.30. The standard InChI is InChI=1S/C20H20N4O5/c1-4-14-6-5-13(11-17(14)24(27)28)12-21-23-18(25)20(2,22-19(23)26)15-7-9-16(29-3)10-8-15/h5-12H,4H2,1-3H3,(H,22,26)/b21-12-/t20-/m1/s1. The normalized spacial score (nSPS) is 18.9. The zero-order valence-corrected chi connectivity index (χ0v) is 16.2. The number of hydrazone groups is 1. The third-order valence-electron chi connectivity index (χ3n) is 4.85. The van der Waals surface area contributed by atoms with Crippen molar-refractivity contribution in [3.05, 3.63) is 69.3 Å². The van der Waals surface area contributed by atoms with Gasteiger partial charge in [-0.3, -0.25) is 14.9 Å². The first kappa shape index (κ1) is 20.0. The summed E-state index contributed by atoms with van der Waals surface area (Å²) in [5.41, 5.74) is 0.273. The van der Waals surface area contributed by atoms with E-state index in [0.29, 0.717) is 28.9 Å². The number of nitrogens with zero attached hydrogens (tertiary/aromatic N) is 3. The van der Waals surface area contributed by atoms with Crippen LogP contribution in [-0.4, -0.2) is 35.2 Å². The Kier molecular flexibility index (Phi) is 5.31. The molecule has 1 atom stereocenters. The summed E-state index contributed by atoms with van der Waals surface area (Å²) < 4.78 is 5.11. The maximum atomic E-state index is 12.9. The number of carbonyl (C=O) groups is 2. The van der Waals surface area contributed by atoms with E-state index in [1.165, 1.54) is 19.4 Å². The number of aryl methyl sites for hydroxylation is 1. The van der Waals surface area contributed by atoms with E-state index in [4.69, 9.17) is 4.74 Å². The van der Waals surface area contributed by atoms with Crippen LogP contribution in [0.15, 0.2) is 47.6 Å². The minimum atomic E-state index is -1.28. The quantitative estimate of drug-likeness (QED) is 0.349. The molecule has 0 radical (unpaired) electrons. The molecule has 9 heteroatoms. The fraction of sp³-hybridized carbons (Fsp3) is 0.250. The molecule has 1 aliphatic heterocycles. The van der Waals surface area contributed by atoms with Gasteiger partial charge in [-0.05, 0) is 31.0 Å². The molecule has 0 aliphatic carbocycles. The minimum Gasteiger partial charge on any atom is -0.497 e. The highest BCUT2D eigenvalue weighted by molar-refractivity contribution is 6.07. The van der Waals surface area contributed by atoms with Gasteiger partial charge in [-0.15, -0.1) is 5.01 Å². The number of ether oxygens (including phenoxy) is 1. The molecule has 1 heterocycles. The van der Waals surface area contributed by atoms with E-state index in [1.807, 2.05) is 6.92 Å². The lowest BCUT2D eigenvalue weighted by molar-refractivity contribution is -0.385. The molecule has 0 unspecified atom stereocenters. The Bertz CT molecular complexity index is 1000. The summed E-state index contributed by atoms with van der Waals surface area (Å²) in [6, 6.07) is 10.7. The number of urea groups is 1. The van der Waals surface area contributed by atoms with Gasteiger partial charge in [0.05, 0.1) is 18.2 Å². The first-order chi connectivity index (χ1) is 13.8. The molecular formula is C20H20N4O5. The van der Waals surface area contributed by atoms with Gasteiger partial charge in [-0.1, -0.05) is 31.2 Å². The molecule has 0 bridgehead atoms. The molecular weight excluding hydrogens is 376 g/mol. The summed E-state index contributed by atoms with van der Waals surface area (Å²) in [4.78, 5) is 36.0. The van der Waals surface area contributed by atoms with Gasteiger partial charge in [0.15, 0.2) is 0 Å². The van der Waals surface area contributed by atoms with Crippen LogP contribution in [0.1, 0.15) is 30.5 Å². The van der Waals surface area contributed by atoms with Crippen LogP contribution in [-0.2, 0) is 16.8 Å². The van der Waals surface area contributed by atoms with Gasteiger partial charge in [0.1, 0.15) is 11.3 Å². The lowest BCUT2D eigenvalue weighted by atomic mass is 9.92. The fourth-order valence-corrected chi connectivity index (χ4v) is 3.10. The van der Waals surface area contributed by atoms with Crippen LogP contribution in [0.4, 0.5) is 10.5 Å². The minimum absolute atomic E-state index is 0.0308. The van der Waals surface area contributed by atoms with Crippen molar-refractivity contribution in [2.24, 2.45) is 5.10 Å². The molecule has 29 heavy (non-hydrogen) atoms. The number of rotatable bonds is 6. The van der Waals surface area contributed by atoms with Crippen molar-refractivity contribution in [1.82, 2.24) is 10.3 Å². The van der Waals surface area contributed by atoms with E-state index >= 15 is 0 Å². The Balaban J connectivity index is 1.86. The second kappa shape index (κ2) is 7.70. The summed E-state index contributed by atoms with van der Waals surface area (Å²) in [5.74, 6) is 0.0738. The van der Waals surface area contributed by atoms with E-state index in [0.717, 1.165) is 5.01 Å². The molecule has 1 N–H and O–H groups in total. The van der Waals surface area contributed by atoms with Gasteiger partial charge in [0, 0.05) is 17.2 Å². The highest BCUT2D eigenvalue weighted by atomic mass is 16.6. The summed E-state index contributed by atoms with van der Waals surface area (Å²) in [6.07, 6.45) is 1.77. The average Bonchev–Trinajstić information content (AvgIpc) is 2.95. The van der Waals surface area contributed by atoms with E-state index in [9.17, 15) is 19.7 Å². The van der Waals surface area contributed by atoms with Crippen LogP contribution in [0.5, 0.6) is 5.75 Å². The largest absolute Gasteiger partial charge is 0.497 e. The van der Waals surface area contributed by atoms with Gasteiger partial charge in [-0.25, -0.2) is 4.79 Å². The molecule has 1 saturated heterocycles. The summed E-state index contributed by atoms with van der Waals surface area (Å²) in [6.45, 7) is 3.41. The monoisotopic (exact) mass is 396 g/mol. The number of amides is 3. The predicted octanol–water partition coefficient (Wildman–Crippen LogP) is 2.97. The van der Waals surface area contributed by atoms with Crippen molar-refractivity contribution in [3.8, 4) is 5.75 Å². The highest BCUT2D eigenvalue weighted by Gasteiger charge is 2.49. The van der Waals surface area contributed by atoms with Crippen LogP contribution in [0.25, 0.3) is 0 Å². The van der Waals surface area contributed by atoms with Crippen molar-refractivity contribution in [3.63, 3.8) is 0 Å². The van der Waals surface area contributed by atoms with E-state index < -0.39 is 22.4 Å². The van der Waals surface area contributed by atoms with Gasteiger partial charge < -0.3 is 10.1 Å². The lowest BCUT2D eigenvalue weighted by Gasteiger charge is -2.21. The number of nitro benzene ring substituents is 1. The molecule has 0 saturated carbocycles. The second-order valence-corrected chi connectivity index (χ2v) is 6.64. The molecule has 3 rings (SSSR count). The fourth-order valence-electron chi connectivity index (χ4n) is 3.10. The van der Waals surface area contributed by atoms with Gasteiger partial charge >= 0.3 is 6.03 Å². The van der Waals surface area contributed by atoms with Crippen LogP contribution in [0.2, 0.25) is 0 Å². The number of hydrogen-bond donors (Lipinski definition) is 1. The molecule has 2 aromatic rings. The first-order valence-corrected chi connectivity index (χ1v) is 8.92. The van der Waals surface area contributed by atoms with Crippen LogP contribution in [0.3, 0.4) is 0 Å². The van der Waals surface area contributed by atoms with Gasteiger partial charge in [0.2, 0.25) is 0 Å². The smallest absolute Gasteiger partial charge is 0.346 e. The van der Waals surface area contributed by atoms with Crippen LogP contribution < -0.4 is 10.1 Å². The van der Waals surface area contributed by atoms with E-state index in [-0.39, 0.29) is 5.69 Å². The molecule has 3 amide bonds.